The molecule has 0 fully saturated rings. The zero-order chi connectivity index (χ0) is 23.1. The number of aliphatic imine (C=N–C) groups is 1. The summed E-state index contributed by atoms with van der Waals surface area (Å²) in [6.07, 6.45) is 6.01. The van der Waals surface area contributed by atoms with Crippen molar-refractivity contribution >= 4 is 40.3 Å². The molecule has 2 aromatic rings. The normalized spacial score (nSPS) is 13.3. The van der Waals surface area contributed by atoms with Gasteiger partial charge in [-0.2, -0.15) is 0 Å². The van der Waals surface area contributed by atoms with Crippen LogP contribution in [-0.4, -0.2) is 42.5 Å². The Balaban J connectivity index is 1.69. The topological polar surface area (TPSA) is 75.2 Å². The lowest BCUT2D eigenvalue weighted by atomic mass is 10.1. The number of anilines is 1. The zero-order valence-corrected chi connectivity index (χ0v) is 19.3. The van der Waals surface area contributed by atoms with E-state index in [1.807, 2.05) is 55.3 Å². The average molecular weight is 451 g/mol. The van der Waals surface area contributed by atoms with Gasteiger partial charge in [0.15, 0.2) is 16.6 Å². The van der Waals surface area contributed by atoms with E-state index in [1.54, 1.807) is 25.3 Å². The maximum atomic E-state index is 12.6. The molecule has 2 aromatic carbocycles. The van der Waals surface area contributed by atoms with Crippen LogP contribution in [0.15, 0.2) is 65.9 Å². The summed E-state index contributed by atoms with van der Waals surface area (Å²) in [6.45, 7) is 4.55. The maximum Gasteiger partial charge on any atom is 0.257 e. The van der Waals surface area contributed by atoms with E-state index in [2.05, 4.69) is 21.8 Å². The van der Waals surface area contributed by atoms with Gasteiger partial charge in [0, 0.05) is 23.7 Å². The second-order valence-electron chi connectivity index (χ2n) is 6.97. The van der Waals surface area contributed by atoms with Gasteiger partial charge in [-0.3, -0.25) is 15.1 Å². The van der Waals surface area contributed by atoms with E-state index in [4.69, 9.17) is 21.7 Å². The number of hydrogen-bond donors (Lipinski definition) is 2. The molecule has 8 heteroatoms. The van der Waals surface area contributed by atoms with Crippen LogP contribution < -0.4 is 20.1 Å². The molecule has 0 spiro atoms. The van der Waals surface area contributed by atoms with Gasteiger partial charge in [-0.05, 0) is 67.5 Å². The van der Waals surface area contributed by atoms with Gasteiger partial charge >= 0.3 is 0 Å². The third kappa shape index (κ3) is 5.53. The molecule has 1 aliphatic rings. The minimum atomic E-state index is -0.346. The zero-order valence-electron chi connectivity index (χ0n) is 18.5. The third-order valence-electron chi connectivity index (χ3n) is 4.82. The van der Waals surface area contributed by atoms with Crippen molar-refractivity contribution in [1.82, 2.24) is 10.2 Å². The van der Waals surface area contributed by atoms with Crippen LogP contribution in [0.25, 0.3) is 5.57 Å². The van der Waals surface area contributed by atoms with Crippen molar-refractivity contribution in [2.24, 2.45) is 4.99 Å². The summed E-state index contributed by atoms with van der Waals surface area (Å²) in [4.78, 5) is 19.2. The fraction of sp³-hybridized carbons (Fsp3) is 0.208. The van der Waals surface area contributed by atoms with Crippen LogP contribution in [0.2, 0.25) is 0 Å². The highest BCUT2D eigenvalue weighted by Crippen LogP contribution is 2.27. The molecule has 1 amide bonds. The summed E-state index contributed by atoms with van der Waals surface area (Å²) >= 11 is 5.34. The molecule has 0 saturated carbocycles. The number of amides is 1. The molecule has 0 saturated heterocycles. The minimum absolute atomic E-state index is 0.198. The van der Waals surface area contributed by atoms with Gasteiger partial charge in [0.1, 0.15) is 5.84 Å². The van der Waals surface area contributed by atoms with Crippen LogP contribution in [0.4, 0.5) is 5.69 Å². The Morgan fingerprint density at radius 2 is 1.94 bits per heavy atom. The lowest BCUT2D eigenvalue weighted by Crippen LogP contribution is -2.34. The summed E-state index contributed by atoms with van der Waals surface area (Å²) in [5, 5.41) is 5.96. The number of benzene rings is 2. The lowest BCUT2D eigenvalue weighted by Gasteiger charge is -2.22. The molecule has 1 aliphatic heterocycles. The summed E-state index contributed by atoms with van der Waals surface area (Å²) in [6, 6.07) is 12.7. The molecule has 0 aliphatic carbocycles. The van der Waals surface area contributed by atoms with Crippen molar-refractivity contribution < 1.29 is 14.3 Å². The van der Waals surface area contributed by atoms with E-state index in [-0.39, 0.29) is 11.0 Å². The van der Waals surface area contributed by atoms with Crippen LogP contribution in [0.3, 0.4) is 0 Å². The molecule has 3 rings (SSSR count). The summed E-state index contributed by atoms with van der Waals surface area (Å²) in [5.41, 5.74) is 3.28. The number of carbonyl (C=O) groups is 1. The van der Waals surface area contributed by atoms with E-state index in [1.165, 1.54) is 7.11 Å². The van der Waals surface area contributed by atoms with Crippen LogP contribution in [-0.2, 0) is 0 Å². The molecule has 0 aromatic heterocycles. The molecule has 2 N–H and O–H groups in total. The van der Waals surface area contributed by atoms with Crippen molar-refractivity contribution in [2.75, 3.05) is 26.1 Å². The van der Waals surface area contributed by atoms with Gasteiger partial charge in [-0.15, -0.1) is 0 Å². The molecule has 0 bridgehead atoms. The highest BCUT2D eigenvalue weighted by Gasteiger charge is 2.14. The van der Waals surface area contributed by atoms with Gasteiger partial charge in [0.05, 0.1) is 20.8 Å². The van der Waals surface area contributed by atoms with E-state index in [0.29, 0.717) is 23.6 Å². The van der Waals surface area contributed by atoms with Crippen molar-refractivity contribution in [3.8, 4) is 11.5 Å². The Kier molecular flexibility index (Phi) is 7.62. The van der Waals surface area contributed by atoms with Crippen molar-refractivity contribution in [2.45, 2.75) is 13.8 Å². The highest BCUT2D eigenvalue weighted by atomic mass is 32.1. The number of hydrogen-bond acceptors (Lipinski definition) is 6. The van der Waals surface area contributed by atoms with E-state index >= 15 is 0 Å². The van der Waals surface area contributed by atoms with Crippen LogP contribution in [0.1, 0.15) is 29.8 Å². The van der Waals surface area contributed by atoms with E-state index < -0.39 is 0 Å². The smallest absolute Gasteiger partial charge is 0.257 e. The first-order chi connectivity index (χ1) is 15.4. The maximum absolute atomic E-state index is 12.6. The second kappa shape index (κ2) is 10.6. The monoisotopic (exact) mass is 450 g/mol. The molecule has 166 valence electrons. The third-order valence-corrected chi connectivity index (χ3v) is 5.02. The molecule has 7 nitrogen and oxygen atoms in total. The second-order valence-corrected chi connectivity index (χ2v) is 7.37. The van der Waals surface area contributed by atoms with Crippen LogP contribution in [0.5, 0.6) is 11.5 Å². The first kappa shape index (κ1) is 23.0. The van der Waals surface area contributed by atoms with Gasteiger partial charge in [0.25, 0.3) is 5.91 Å². The Labute approximate surface area is 193 Å². The molecular weight excluding hydrogens is 424 g/mol. The standard InChI is InChI=1S/C24H26N4O3S/c1-5-11-28-15-19(14-25-16(28)2)17-7-6-8-20(12-17)26-24(32)27-23(29)18-9-10-21(30-3)22(13-18)31-4/h5-13,15H,14H2,1-4H3,(H2,26,27,29,32)/b11-5-. The summed E-state index contributed by atoms with van der Waals surface area (Å²) < 4.78 is 10.5. The van der Waals surface area contributed by atoms with Crippen LogP contribution in [0, 0.1) is 0 Å². The number of thiocarbonyl (C=S) groups is 1. The summed E-state index contributed by atoms with van der Waals surface area (Å²) in [7, 11) is 3.06. The molecular formula is C24H26N4O3S. The number of carbonyl (C=O) groups excluding carboxylic acids is 1. The largest absolute Gasteiger partial charge is 0.493 e. The number of nitrogens with zero attached hydrogens (tertiary/aromatic N) is 2. The molecule has 1 heterocycles. The first-order valence-corrected chi connectivity index (χ1v) is 10.4. The number of methoxy groups -OCH3 is 2. The molecule has 0 unspecified atom stereocenters. The Hall–Kier alpha value is -3.65. The predicted octanol–water partition coefficient (Wildman–Crippen LogP) is 4.44. The first-order valence-electron chi connectivity index (χ1n) is 10.0. The number of amidine groups is 1. The molecule has 0 radical (unpaired) electrons. The predicted molar refractivity (Wildman–Crippen MR) is 132 cm³/mol. The van der Waals surface area contributed by atoms with Gasteiger partial charge in [-0.1, -0.05) is 18.2 Å². The van der Waals surface area contributed by atoms with Gasteiger partial charge in [0.2, 0.25) is 0 Å². The SMILES string of the molecule is C/C=C\N1C=C(c2cccc(NC(=S)NC(=O)c3ccc(OC)c(OC)c3)c2)CN=C1C. The van der Waals surface area contributed by atoms with Crippen molar-refractivity contribution in [3.63, 3.8) is 0 Å². The number of allylic oxidation sites excluding steroid dienone is 1. The lowest BCUT2D eigenvalue weighted by molar-refractivity contribution is 0.0977. The van der Waals surface area contributed by atoms with Crippen molar-refractivity contribution in [3.05, 3.63) is 72.1 Å². The average Bonchev–Trinajstić information content (AvgIpc) is 2.80. The number of nitrogens with one attached hydrogen (secondary N) is 2. The minimum Gasteiger partial charge on any atom is -0.493 e. The van der Waals surface area contributed by atoms with Gasteiger partial charge in [-0.25, -0.2) is 0 Å². The fourth-order valence-corrected chi connectivity index (χ4v) is 3.38. The van der Waals surface area contributed by atoms with Crippen LogP contribution >= 0.6 is 12.2 Å². The Bertz CT molecular complexity index is 1110. The number of ether oxygens (including phenoxy) is 2. The Morgan fingerprint density at radius 3 is 2.66 bits per heavy atom. The fourth-order valence-electron chi connectivity index (χ4n) is 3.17. The Morgan fingerprint density at radius 1 is 1.16 bits per heavy atom. The highest BCUT2D eigenvalue weighted by molar-refractivity contribution is 7.80. The van der Waals surface area contributed by atoms with Crippen molar-refractivity contribution in [1.29, 1.82) is 0 Å². The quantitative estimate of drug-likeness (QED) is 0.634. The molecule has 0 atom stereocenters. The van der Waals surface area contributed by atoms with E-state index in [9.17, 15) is 4.79 Å². The van der Waals surface area contributed by atoms with E-state index in [0.717, 1.165) is 22.7 Å². The molecule has 32 heavy (non-hydrogen) atoms. The number of rotatable bonds is 6. The summed E-state index contributed by atoms with van der Waals surface area (Å²) in [5.74, 6) is 1.62. The van der Waals surface area contributed by atoms with Gasteiger partial charge < -0.3 is 19.7 Å².